The highest BCUT2D eigenvalue weighted by atomic mass is 127. The largest absolute Gasteiger partial charge is 0.448 e. The van der Waals surface area contributed by atoms with Crippen LogP contribution in [0.5, 0.6) is 0 Å². The fraction of sp³-hybridized carbons (Fsp3) is 0.625. The number of primary amides is 1. The van der Waals surface area contributed by atoms with Gasteiger partial charge in [-0.05, 0) is 6.92 Å². The van der Waals surface area contributed by atoms with Gasteiger partial charge in [-0.15, -0.1) is 5.92 Å². The SMILES string of the molecule is CC#CC(COC(N)=O)C(C)I. The maximum absolute atomic E-state index is 10.3. The van der Waals surface area contributed by atoms with Crippen LogP contribution in [0.25, 0.3) is 0 Å². The summed E-state index contributed by atoms with van der Waals surface area (Å²) in [5.41, 5.74) is 4.83. The number of halogens is 1. The number of hydrogen-bond donors (Lipinski definition) is 1. The van der Waals surface area contributed by atoms with Crippen LogP contribution in [0.3, 0.4) is 0 Å². The van der Waals surface area contributed by atoms with Gasteiger partial charge in [0.15, 0.2) is 0 Å². The fourth-order valence-corrected chi connectivity index (χ4v) is 1.03. The molecule has 4 heteroatoms. The van der Waals surface area contributed by atoms with E-state index in [1.165, 1.54) is 0 Å². The van der Waals surface area contributed by atoms with E-state index >= 15 is 0 Å². The van der Waals surface area contributed by atoms with Gasteiger partial charge in [-0.1, -0.05) is 35.4 Å². The molecule has 0 fully saturated rings. The zero-order valence-electron chi connectivity index (χ0n) is 7.13. The molecule has 0 aromatic heterocycles. The summed E-state index contributed by atoms with van der Waals surface area (Å²) in [6, 6.07) is 0. The molecule has 0 saturated carbocycles. The van der Waals surface area contributed by atoms with Crippen molar-refractivity contribution in [3.63, 3.8) is 0 Å². The minimum atomic E-state index is -0.741. The molecule has 12 heavy (non-hydrogen) atoms. The van der Waals surface area contributed by atoms with Gasteiger partial charge in [0.2, 0.25) is 0 Å². The molecular formula is C8H12INO2. The molecule has 3 nitrogen and oxygen atoms in total. The molecule has 2 atom stereocenters. The van der Waals surface area contributed by atoms with E-state index < -0.39 is 6.09 Å². The van der Waals surface area contributed by atoms with Crippen LogP contribution in [0, 0.1) is 17.8 Å². The predicted octanol–water partition coefficient (Wildman–Crippen LogP) is 1.54. The van der Waals surface area contributed by atoms with Crippen LogP contribution >= 0.6 is 22.6 Å². The minimum Gasteiger partial charge on any atom is -0.448 e. The molecule has 0 aromatic carbocycles. The van der Waals surface area contributed by atoms with Gasteiger partial charge < -0.3 is 10.5 Å². The first-order valence-electron chi connectivity index (χ1n) is 3.56. The molecule has 0 spiro atoms. The maximum Gasteiger partial charge on any atom is 0.404 e. The summed E-state index contributed by atoms with van der Waals surface area (Å²) in [5.74, 6) is 5.81. The molecule has 0 bridgehead atoms. The molecule has 0 radical (unpaired) electrons. The number of carbonyl (C=O) groups excluding carboxylic acids is 1. The van der Waals surface area contributed by atoms with Crippen LogP contribution < -0.4 is 5.73 Å². The van der Waals surface area contributed by atoms with E-state index in [4.69, 9.17) is 5.73 Å². The van der Waals surface area contributed by atoms with Gasteiger partial charge in [0, 0.05) is 3.92 Å². The second kappa shape index (κ2) is 6.12. The first-order chi connectivity index (χ1) is 5.57. The summed E-state index contributed by atoms with van der Waals surface area (Å²) in [6.45, 7) is 4.05. The van der Waals surface area contributed by atoms with Crippen LogP contribution in [0.1, 0.15) is 13.8 Å². The van der Waals surface area contributed by atoms with Crippen LogP contribution in [-0.4, -0.2) is 16.6 Å². The Morgan fingerprint density at radius 2 is 2.33 bits per heavy atom. The Hall–Kier alpha value is -0.440. The average molecular weight is 281 g/mol. The zero-order chi connectivity index (χ0) is 9.56. The molecular weight excluding hydrogens is 269 g/mol. The average Bonchev–Trinajstić information content (AvgIpc) is 1.96. The van der Waals surface area contributed by atoms with Crippen LogP contribution in [0.15, 0.2) is 0 Å². The van der Waals surface area contributed by atoms with Crippen molar-refractivity contribution >= 4 is 28.7 Å². The molecule has 0 aliphatic heterocycles. The van der Waals surface area contributed by atoms with E-state index in [2.05, 4.69) is 39.2 Å². The summed E-state index contributed by atoms with van der Waals surface area (Å²) in [7, 11) is 0. The quantitative estimate of drug-likeness (QED) is 0.484. The third kappa shape index (κ3) is 5.24. The highest BCUT2D eigenvalue weighted by Crippen LogP contribution is 2.12. The summed E-state index contributed by atoms with van der Waals surface area (Å²) >= 11 is 2.24. The van der Waals surface area contributed by atoms with Gasteiger partial charge in [-0.2, -0.15) is 0 Å². The van der Waals surface area contributed by atoms with E-state index in [0.717, 1.165) is 0 Å². The first-order valence-corrected chi connectivity index (χ1v) is 4.81. The van der Waals surface area contributed by atoms with E-state index in [0.29, 0.717) is 3.92 Å². The number of amides is 1. The van der Waals surface area contributed by atoms with E-state index in [9.17, 15) is 4.79 Å². The van der Waals surface area contributed by atoms with Crippen molar-refractivity contribution in [3.05, 3.63) is 0 Å². The Morgan fingerprint density at radius 1 is 1.75 bits per heavy atom. The van der Waals surface area contributed by atoms with Gasteiger partial charge in [0.1, 0.15) is 6.61 Å². The monoisotopic (exact) mass is 281 g/mol. The van der Waals surface area contributed by atoms with Gasteiger partial charge >= 0.3 is 6.09 Å². The van der Waals surface area contributed by atoms with E-state index in [-0.39, 0.29) is 12.5 Å². The lowest BCUT2D eigenvalue weighted by Gasteiger charge is -2.12. The second-order valence-corrected chi connectivity index (χ2v) is 4.27. The molecule has 0 aromatic rings. The van der Waals surface area contributed by atoms with Crippen molar-refractivity contribution in [2.75, 3.05) is 6.61 Å². The molecule has 0 heterocycles. The lowest BCUT2D eigenvalue weighted by molar-refractivity contribution is 0.147. The number of carbonyl (C=O) groups is 1. The Bertz CT molecular complexity index is 205. The van der Waals surface area contributed by atoms with Crippen LogP contribution in [-0.2, 0) is 4.74 Å². The Kier molecular flexibility index (Phi) is 5.89. The number of rotatable bonds is 3. The molecule has 0 aliphatic carbocycles. The summed E-state index contributed by atoms with van der Waals surface area (Å²) in [6.07, 6.45) is -0.741. The highest BCUT2D eigenvalue weighted by Gasteiger charge is 2.12. The summed E-state index contributed by atoms with van der Waals surface area (Å²) in [5, 5.41) is 0. The second-order valence-electron chi connectivity index (χ2n) is 2.31. The van der Waals surface area contributed by atoms with Crippen LogP contribution in [0.4, 0.5) is 4.79 Å². The standard InChI is InChI=1S/C8H12INO2/c1-3-4-7(6(2)9)5-12-8(10)11/h6-7H,5H2,1-2H3,(H2,10,11). The predicted molar refractivity (Wildman–Crippen MR) is 56.0 cm³/mol. The Morgan fingerprint density at radius 3 is 2.67 bits per heavy atom. The van der Waals surface area contributed by atoms with Crippen molar-refractivity contribution in [1.82, 2.24) is 0 Å². The Balaban J connectivity index is 3.93. The molecule has 68 valence electrons. The third-order valence-electron chi connectivity index (χ3n) is 1.29. The number of ether oxygens (including phenoxy) is 1. The number of hydrogen-bond acceptors (Lipinski definition) is 2. The van der Waals surface area contributed by atoms with Crippen molar-refractivity contribution in [2.24, 2.45) is 11.7 Å². The molecule has 2 unspecified atom stereocenters. The Labute approximate surface area is 86.2 Å². The van der Waals surface area contributed by atoms with Gasteiger partial charge in [0.25, 0.3) is 0 Å². The van der Waals surface area contributed by atoms with Gasteiger partial charge in [0.05, 0.1) is 5.92 Å². The number of alkyl halides is 1. The van der Waals surface area contributed by atoms with Gasteiger partial charge in [-0.25, -0.2) is 4.79 Å². The first kappa shape index (κ1) is 11.6. The van der Waals surface area contributed by atoms with Gasteiger partial charge in [-0.3, -0.25) is 0 Å². The molecule has 0 rings (SSSR count). The fourth-order valence-electron chi connectivity index (χ4n) is 0.646. The van der Waals surface area contributed by atoms with E-state index in [1.54, 1.807) is 6.92 Å². The third-order valence-corrected chi connectivity index (χ3v) is 2.16. The summed E-state index contributed by atoms with van der Waals surface area (Å²) < 4.78 is 4.99. The molecule has 1 amide bonds. The number of nitrogens with two attached hydrogens (primary N) is 1. The van der Waals surface area contributed by atoms with Crippen molar-refractivity contribution < 1.29 is 9.53 Å². The maximum atomic E-state index is 10.3. The molecule has 2 N–H and O–H groups in total. The molecule has 0 aliphatic rings. The molecule has 0 saturated heterocycles. The van der Waals surface area contributed by atoms with Crippen LogP contribution in [0.2, 0.25) is 0 Å². The normalized spacial score (nSPS) is 13.9. The lowest BCUT2D eigenvalue weighted by atomic mass is 10.1. The highest BCUT2D eigenvalue weighted by molar-refractivity contribution is 14.1. The van der Waals surface area contributed by atoms with Crippen molar-refractivity contribution in [1.29, 1.82) is 0 Å². The smallest absolute Gasteiger partial charge is 0.404 e. The van der Waals surface area contributed by atoms with Crippen molar-refractivity contribution in [2.45, 2.75) is 17.8 Å². The summed E-state index contributed by atoms with van der Waals surface area (Å²) in [4.78, 5) is 10.3. The lowest BCUT2D eigenvalue weighted by Crippen LogP contribution is -2.22. The van der Waals surface area contributed by atoms with E-state index in [1.807, 2.05) is 6.92 Å². The van der Waals surface area contributed by atoms with Crippen molar-refractivity contribution in [3.8, 4) is 11.8 Å². The topological polar surface area (TPSA) is 52.3 Å². The minimum absolute atomic E-state index is 0.0723. The zero-order valence-corrected chi connectivity index (χ0v) is 9.29.